The Balaban J connectivity index is 2.34. The predicted molar refractivity (Wildman–Crippen MR) is 74.5 cm³/mol. The highest BCUT2D eigenvalue weighted by atomic mass is 35.5. The van der Waals surface area contributed by atoms with Crippen LogP contribution in [0.2, 0.25) is 10.0 Å². The van der Waals surface area contributed by atoms with Crippen LogP contribution < -0.4 is 10.5 Å². The quantitative estimate of drug-likeness (QED) is 0.882. The monoisotopic (exact) mass is 299 g/mol. The molecule has 1 aromatic heterocycles. The number of aromatic nitrogens is 2. The first-order chi connectivity index (χ1) is 8.58. The molecule has 0 radical (unpaired) electrons. The summed E-state index contributed by atoms with van der Waals surface area (Å²) in [4.78, 5) is 0.181. The van der Waals surface area contributed by atoms with Crippen molar-refractivity contribution in [3.8, 4) is 11.6 Å². The molecule has 0 fully saturated rings. The van der Waals surface area contributed by atoms with E-state index in [0.717, 1.165) is 0 Å². The Bertz CT molecular complexity index is 607. The molecule has 0 bridgehead atoms. The van der Waals surface area contributed by atoms with Crippen LogP contribution in [0.3, 0.4) is 0 Å². The first kappa shape index (κ1) is 13.0. The van der Waals surface area contributed by atoms with Crippen molar-refractivity contribution in [1.82, 2.24) is 10.2 Å². The average Bonchev–Trinajstić information content (AvgIpc) is 2.34. The van der Waals surface area contributed by atoms with Crippen LogP contribution in [0.5, 0.6) is 11.6 Å². The van der Waals surface area contributed by atoms with Gasteiger partial charge in [-0.1, -0.05) is 35.4 Å². The van der Waals surface area contributed by atoms with Gasteiger partial charge in [-0.2, -0.15) is 5.10 Å². The van der Waals surface area contributed by atoms with Gasteiger partial charge in [-0.15, -0.1) is 5.10 Å². The third kappa shape index (κ3) is 2.87. The first-order valence-electron chi connectivity index (χ1n) is 4.82. The molecule has 2 N–H and O–H groups in total. The minimum atomic E-state index is 0.181. The molecule has 92 valence electrons. The number of hydrogen-bond donors (Lipinski definition) is 1. The van der Waals surface area contributed by atoms with Crippen LogP contribution >= 0.6 is 35.4 Å². The summed E-state index contributed by atoms with van der Waals surface area (Å²) in [6.07, 6.45) is 1.48. The van der Waals surface area contributed by atoms with Crippen LogP contribution in [0.15, 0.2) is 30.5 Å². The van der Waals surface area contributed by atoms with E-state index in [-0.39, 0.29) is 10.9 Å². The topological polar surface area (TPSA) is 61.0 Å². The lowest BCUT2D eigenvalue weighted by Gasteiger charge is -2.08. The van der Waals surface area contributed by atoms with Gasteiger partial charge in [0.2, 0.25) is 5.88 Å². The molecule has 0 spiro atoms. The fourth-order valence-electron chi connectivity index (χ4n) is 1.23. The second-order valence-corrected chi connectivity index (χ2v) is 4.55. The van der Waals surface area contributed by atoms with E-state index in [2.05, 4.69) is 10.2 Å². The molecular weight excluding hydrogens is 293 g/mol. The fourth-order valence-corrected chi connectivity index (χ4v) is 1.68. The summed E-state index contributed by atoms with van der Waals surface area (Å²) in [5.41, 5.74) is 6.06. The Morgan fingerprint density at radius 2 is 2.00 bits per heavy atom. The lowest BCUT2D eigenvalue weighted by Crippen LogP contribution is -2.12. The lowest BCUT2D eigenvalue weighted by molar-refractivity contribution is 0.454. The summed E-state index contributed by atoms with van der Waals surface area (Å²) in [5.74, 6) is 0.700. The molecule has 0 unspecified atom stereocenters. The number of benzene rings is 1. The Hall–Kier alpha value is -1.43. The van der Waals surface area contributed by atoms with E-state index >= 15 is 0 Å². The van der Waals surface area contributed by atoms with Crippen molar-refractivity contribution in [2.75, 3.05) is 0 Å². The Morgan fingerprint density at radius 3 is 2.67 bits per heavy atom. The smallest absolute Gasteiger partial charge is 0.249 e. The SMILES string of the molecule is NC(=S)c1ccnnc1Oc1ccc(Cl)c(Cl)c1. The number of nitrogens with zero attached hydrogens (tertiary/aromatic N) is 2. The maximum atomic E-state index is 5.88. The second-order valence-electron chi connectivity index (χ2n) is 3.29. The normalized spacial score (nSPS) is 10.1. The first-order valence-corrected chi connectivity index (χ1v) is 5.99. The summed E-state index contributed by atoms with van der Waals surface area (Å²) in [7, 11) is 0. The highest BCUT2D eigenvalue weighted by Crippen LogP contribution is 2.29. The zero-order valence-corrected chi connectivity index (χ0v) is 11.3. The zero-order valence-electron chi connectivity index (χ0n) is 8.93. The minimum absolute atomic E-state index is 0.181. The number of nitrogens with two attached hydrogens (primary N) is 1. The molecule has 18 heavy (non-hydrogen) atoms. The van der Waals surface area contributed by atoms with Gasteiger partial charge in [-0.25, -0.2) is 0 Å². The van der Waals surface area contributed by atoms with Gasteiger partial charge < -0.3 is 10.5 Å². The molecule has 4 nitrogen and oxygen atoms in total. The van der Waals surface area contributed by atoms with Crippen LogP contribution in [0.1, 0.15) is 5.56 Å². The van der Waals surface area contributed by atoms with E-state index < -0.39 is 0 Å². The molecule has 7 heteroatoms. The molecule has 0 saturated heterocycles. The van der Waals surface area contributed by atoms with Gasteiger partial charge in [0, 0.05) is 6.07 Å². The summed E-state index contributed by atoms with van der Waals surface area (Å²) >= 11 is 16.6. The number of halogens is 2. The van der Waals surface area contributed by atoms with Crippen molar-refractivity contribution in [2.24, 2.45) is 5.73 Å². The van der Waals surface area contributed by atoms with Gasteiger partial charge in [0.15, 0.2) is 0 Å². The van der Waals surface area contributed by atoms with E-state index in [4.69, 9.17) is 45.9 Å². The van der Waals surface area contributed by atoms with Crippen LogP contribution in [-0.4, -0.2) is 15.2 Å². The van der Waals surface area contributed by atoms with Gasteiger partial charge >= 0.3 is 0 Å². The van der Waals surface area contributed by atoms with E-state index in [9.17, 15) is 0 Å². The second kappa shape index (κ2) is 5.48. The van der Waals surface area contributed by atoms with E-state index in [1.54, 1.807) is 24.3 Å². The van der Waals surface area contributed by atoms with Gasteiger partial charge in [0.1, 0.15) is 10.7 Å². The molecule has 1 aromatic carbocycles. The molecule has 2 rings (SSSR count). The molecule has 0 aliphatic rings. The molecule has 0 atom stereocenters. The van der Waals surface area contributed by atoms with Crippen LogP contribution in [0.4, 0.5) is 0 Å². The van der Waals surface area contributed by atoms with Crippen LogP contribution in [-0.2, 0) is 0 Å². The van der Waals surface area contributed by atoms with Crippen molar-refractivity contribution in [3.63, 3.8) is 0 Å². The Kier molecular flexibility index (Phi) is 3.96. The molecule has 1 heterocycles. The standard InChI is InChI=1S/C11H7Cl2N3OS/c12-8-2-1-6(5-9(8)13)17-11-7(10(14)18)3-4-15-16-11/h1-5H,(H2,14,18). The summed E-state index contributed by atoms with van der Waals surface area (Å²) in [5, 5.41) is 8.37. The van der Waals surface area contributed by atoms with Crippen LogP contribution in [0, 0.1) is 0 Å². The summed E-state index contributed by atoms with van der Waals surface area (Å²) in [6, 6.07) is 6.48. The molecule has 0 aliphatic heterocycles. The van der Waals surface area contributed by atoms with Crippen molar-refractivity contribution in [3.05, 3.63) is 46.1 Å². The van der Waals surface area contributed by atoms with Crippen molar-refractivity contribution in [2.45, 2.75) is 0 Å². The van der Waals surface area contributed by atoms with E-state index in [1.807, 2.05) is 0 Å². The third-order valence-electron chi connectivity index (χ3n) is 2.06. The molecule has 0 amide bonds. The number of hydrogen-bond acceptors (Lipinski definition) is 4. The fraction of sp³-hybridized carbons (Fsp3) is 0. The average molecular weight is 300 g/mol. The molecule has 0 aliphatic carbocycles. The molecule has 2 aromatic rings. The maximum Gasteiger partial charge on any atom is 0.249 e. The van der Waals surface area contributed by atoms with Crippen LogP contribution in [0.25, 0.3) is 0 Å². The summed E-state index contributed by atoms with van der Waals surface area (Å²) < 4.78 is 5.52. The largest absolute Gasteiger partial charge is 0.437 e. The number of ether oxygens (including phenoxy) is 1. The molecular formula is C11H7Cl2N3OS. The third-order valence-corrected chi connectivity index (χ3v) is 3.02. The Labute approximate surface area is 119 Å². The summed E-state index contributed by atoms with van der Waals surface area (Å²) in [6.45, 7) is 0. The van der Waals surface area contributed by atoms with E-state index in [1.165, 1.54) is 6.20 Å². The maximum absolute atomic E-state index is 5.88. The van der Waals surface area contributed by atoms with E-state index in [0.29, 0.717) is 21.4 Å². The predicted octanol–water partition coefficient (Wildman–Crippen LogP) is 3.21. The van der Waals surface area contributed by atoms with Gasteiger partial charge in [0.05, 0.1) is 21.8 Å². The minimum Gasteiger partial charge on any atom is -0.437 e. The van der Waals surface area contributed by atoms with Crippen molar-refractivity contribution < 1.29 is 4.74 Å². The number of rotatable bonds is 3. The lowest BCUT2D eigenvalue weighted by atomic mass is 10.3. The highest BCUT2D eigenvalue weighted by Gasteiger charge is 2.10. The van der Waals surface area contributed by atoms with Gasteiger partial charge in [0.25, 0.3) is 0 Å². The zero-order chi connectivity index (χ0) is 13.1. The van der Waals surface area contributed by atoms with Gasteiger partial charge in [-0.05, 0) is 18.2 Å². The Morgan fingerprint density at radius 1 is 1.22 bits per heavy atom. The van der Waals surface area contributed by atoms with Crippen molar-refractivity contribution in [1.29, 1.82) is 0 Å². The highest BCUT2D eigenvalue weighted by molar-refractivity contribution is 7.80. The van der Waals surface area contributed by atoms with Gasteiger partial charge in [-0.3, -0.25) is 0 Å². The molecule has 0 saturated carbocycles. The van der Waals surface area contributed by atoms with Crippen molar-refractivity contribution >= 4 is 40.4 Å². The number of thiocarbonyl (C=S) groups is 1.